The van der Waals surface area contributed by atoms with Crippen LogP contribution in [-0.2, 0) is 6.54 Å². The first-order valence-electron chi connectivity index (χ1n) is 6.45. The molecule has 96 valence electrons. The van der Waals surface area contributed by atoms with E-state index >= 15 is 0 Å². The van der Waals surface area contributed by atoms with Gasteiger partial charge < -0.3 is 9.30 Å². The van der Waals surface area contributed by atoms with Gasteiger partial charge in [0.1, 0.15) is 5.75 Å². The number of rotatable bonds is 3. The summed E-state index contributed by atoms with van der Waals surface area (Å²) < 4.78 is 7.68. The highest BCUT2D eigenvalue weighted by Crippen LogP contribution is 2.22. The standard InChI is InChI=1S/C17H17NO/c1-13-7-8-14-9-10-18(16(14)11-13)12-15-5-3-4-6-17(15)19-2/h3-11H,12H2,1-2H3. The number of hydrogen-bond acceptors (Lipinski definition) is 1. The number of methoxy groups -OCH3 is 1. The van der Waals surface area contributed by atoms with Crippen molar-refractivity contribution in [3.05, 3.63) is 65.9 Å². The van der Waals surface area contributed by atoms with Crippen LogP contribution in [0.5, 0.6) is 5.75 Å². The van der Waals surface area contributed by atoms with Gasteiger partial charge in [-0.05, 0) is 36.1 Å². The Balaban J connectivity index is 2.03. The van der Waals surface area contributed by atoms with E-state index in [4.69, 9.17) is 4.74 Å². The zero-order valence-corrected chi connectivity index (χ0v) is 11.3. The Labute approximate surface area is 113 Å². The largest absolute Gasteiger partial charge is 0.496 e. The molecule has 0 bridgehead atoms. The minimum absolute atomic E-state index is 0.830. The third-order valence-electron chi connectivity index (χ3n) is 3.46. The Morgan fingerprint density at radius 3 is 2.74 bits per heavy atom. The summed E-state index contributed by atoms with van der Waals surface area (Å²) in [5.74, 6) is 0.942. The lowest BCUT2D eigenvalue weighted by molar-refractivity contribution is 0.408. The van der Waals surface area contributed by atoms with E-state index in [1.807, 2.05) is 12.1 Å². The molecule has 1 heterocycles. The average molecular weight is 251 g/mol. The zero-order chi connectivity index (χ0) is 13.2. The highest BCUT2D eigenvalue weighted by Gasteiger charge is 2.05. The van der Waals surface area contributed by atoms with Crippen molar-refractivity contribution in [1.82, 2.24) is 4.57 Å². The van der Waals surface area contributed by atoms with Crippen LogP contribution in [0.15, 0.2) is 54.7 Å². The highest BCUT2D eigenvalue weighted by molar-refractivity contribution is 5.80. The molecule has 0 N–H and O–H groups in total. The third kappa shape index (κ3) is 2.22. The SMILES string of the molecule is COc1ccccc1Cn1ccc2ccc(C)cc21. The van der Waals surface area contributed by atoms with Gasteiger partial charge in [-0.3, -0.25) is 0 Å². The van der Waals surface area contributed by atoms with Crippen molar-refractivity contribution in [3.8, 4) is 5.75 Å². The van der Waals surface area contributed by atoms with E-state index in [0.29, 0.717) is 0 Å². The first kappa shape index (κ1) is 11.8. The molecule has 2 heteroatoms. The molecule has 0 saturated carbocycles. The number of hydrogen-bond donors (Lipinski definition) is 0. The minimum atomic E-state index is 0.830. The molecule has 0 aliphatic carbocycles. The summed E-state index contributed by atoms with van der Waals surface area (Å²) >= 11 is 0. The second-order valence-corrected chi connectivity index (χ2v) is 4.82. The van der Waals surface area contributed by atoms with E-state index in [0.717, 1.165) is 12.3 Å². The van der Waals surface area contributed by atoms with Crippen LogP contribution in [0.4, 0.5) is 0 Å². The van der Waals surface area contributed by atoms with Crippen LogP contribution in [0, 0.1) is 6.92 Å². The lowest BCUT2D eigenvalue weighted by Gasteiger charge is -2.10. The number of aromatic nitrogens is 1. The smallest absolute Gasteiger partial charge is 0.123 e. The van der Waals surface area contributed by atoms with Gasteiger partial charge in [-0.1, -0.05) is 30.3 Å². The summed E-state index contributed by atoms with van der Waals surface area (Å²) in [4.78, 5) is 0. The number of fused-ring (bicyclic) bond motifs is 1. The van der Waals surface area contributed by atoms with Gasteiger partial charge in [-0.25, -0.2) is 0 Å². The quantitative estimate of drug-likeness (QED) is 0.686. The first-order chi connectivity index (χ1) is 9.28. The summed E-state index contributed by atoms with van der Waals surface area (Å²) in [5.41, 5.74) is 3.75. The van der Waals surface area contributed by atoms with Crippen LogP contribution < -0.4 is 4.74 Å². The Hall–Kier alpha value is -2.22. The van der Waals surface area contributed by atoms with Gasteiger partial charge in [0.25, 0.3) is 0 Å². The molecule has 19 heavy (non-hydrogen) atoms. The fourth-order valence-electron chi connectivity index (χ4n) is 2.45. The lowest BCUT2D eigenvalue weighted by atomic mass is 10.1. The average Bonchev–Trinajstić information content (AvgIpc) is 2.82. The van der Waals surface area contributed by atoms with E-state index in [-0.39, 0.29) is 0 Å². The predicted molar refractivity (Wildman–Crippen MR) is 78.8 cm³/mol. The second-order valence-electron chi connectivity index (χ2n) is 4.82. The molecule has 0 aliphatic rings. The van der Waals surface area contributed by atoms with Crippen molar-refractivity contribution in [2.45, 2.75) is 13.5 Å². The highest BCUT2D eigenvalue weighted by atomic mass is 16.5. The van der Waals surface area contributed by atoms with Crippen molar-refractivity contribution < 1.29 is 4.74 Å². The summed E-state index contributed by atoms with van der Waals surface area (Å²) in [5, 5.41) is 1.28. The molecule has 3 aromatic rings. The van der Waals surface area contributed by atoms with E-state index in [2.05, 4.69) is 54.1 Å². The first-order valence-corrected chi connectivity index (χ1v) is 6.45. The summed E-state index contributed by atoms with van der Waals surface area (Å²) in [7, 11) is 1.72. The third-order valence-corrected chi connectivity index (χ3v) is 3.46. The van der Waals surface area contributed by atoms with Crippen LogP contribution in [0.3, 0.4) is 0 Å². The maximum Gasteiger partial charge on any atom is 0.123 e. The maximum atomic E-state index is 5.42. The van der Waals surface area contributed by atoms with Gasteiger partial charge in [0.15, 0.2) is 0 Å². The van der Waals surface area contributed by atoms with Crippen LogP contribution >= 0.6 is 0 Å². The summed E-state index contributed by atoms with van der Waals surface area (Å²) in [6.45, 7) is 2.96. The van der Waals surface area contributed by atoms with E-state index in [9.17, 15) is 0 Å². The van der Waals surface area contributed by atoms with Crippen molar-refractivity contribution >= 4 is 10.9 Å². The second kappa shape index (κ2) is 4.81. The zero-order valence-electron chi connectivity index (χ0n) is 11.3. The molecular formula is C17H17NO. The molecule has 0 atom stereocenters. The molecular weight excluding hydrogens is 234 g/mol. The number of benzene rings is 2. The number of nitrogens with zero attached hydrogens (tertiary/aromatic N) is 1. The Bertz CT molecular complexity index is 712. The lowest BCUT2D eigenvalue weighted by Crippen LogP contribution is -2.00. The molecule has 1 aromatic heterocycles. The van der Waals surface area contributed by atoms with Gasteiger partial charge in [0.05, 0.1) is 13.7 Å². The molecule has 2 nitrogen and oxygen atoms in total. The van der Waals surface area contributed by atoms with Crippen LogP contribution in [0.25, 0.3) is 10.9 Å². The normalized spacial score (nSPS) is 10.8. The summed E-state index contributed by atoms with van der Waals surface area (Å²) in [6.07, 6.45) is 2.14. The van der Waals surface area contributed by atoms with Gasteiger partial charge in [0, 0.05) is 17.3 Å². The van der Waals surface area contributed by atoms with Gasteiger partial charge in [-0.15, -0.1) is 0 Å². The fourth-order valence-corrected chi connectivity index (χ4v) is 2.45. The Morgan fingerprint density at radius 2 is 1.89 bits per heavy atom. The Kier molecular flexibility index (Phi) is 3.00. The molecule has 0 radical (unpaired) electrons. The number of para-hydroxylation sites is 1. The van der Waals surface area contributed by atoms with E-state index < -0.39 is 0 Å². The van der Waals surface area contributed by atoms with Crippen molar-refractivity contribution in [2.75, 3.05) is 7.11 Å². The van der Waals surface area contributed by atoms with Gasteiger partial charge in [0.2, 0.25) is 0 Å². The van der Waals surface area contributed by atoms with Gasteiger partial charge >= 0.3 is 0 Å². The number of aryl methyl sites for hydroxylation is 1. The summed E-state index contributed by atoms with van der Waals surface area (Å²) in [6, 6.07) is 16.9. The predicted octanol–water partition coefficient (Wildman–Crippen LogP) is 4.01. The molecule has 3 rings (SSSR count). The van der Waals surface area contributed by atoms with E-state index in [1.165, 1.54) is 22.0 Å². The topological polar surface area (TPSA) is 14.2 Å². The van der Waals surface area contributed by atoms with Crippen LogP contribution in [0.1, 0.15) is 11.1 Å². The van der Waals surface area contributed by atoms with Crippen LogP contribution in [-0.4, -0.2) is 11.7 Å². The molecule has 2 aromatic carbocycles. The molecule has 0 fully saturated rings. The van der Waals surface area contributed by atoms with Crippen LogP contribution in [0.2, 0.25) is 0 Å². The molecule has 0 aliphatic heterocycles. The molecule has 0 spiro atoms. The van der Waals surface area contributed by atoms with Gasteiger partial charge in [-0.2, -0.15) is 0 Å². The fraction of sp³-hybridized carbons (Fsp3) is 0.176. The maximum absolute atomic E-state index is 5.42. The molecule has 0 amide bonds. The monoisotopic (exact) mass is 251 g/mol. The number of ether oxygens (including phenoxy) is 1. The minimum Gasteiger partial charge on any atom is -0.496 e. The molecule has 0 unspecified atom stereocenters. The Morgan fingerprint density at radius 1 is 1.05 bits per heavy atom. The van der Waals surface area contributed by atoms with E-state index in [1.54, 1.807) is 7.11 Å². The van der Waals surface area contributed by atoms with Crippen molar-refractivity contribution in [2.24, 2.45) is 0 Å². The van der Waals surface area contributed by atoms with Crippen molar-refractivity contribution in [1.29, 1.82) is 0 Å². The van der Waals surface area contributed by atoms with Crippen molar-refractivity contribution in [3.63, 3.8) is 0 Å². The molecule has 0 saturated heterocycles.